The summed E-state index contributed by atoms with van der Waals surface area (Å²) in [4.78, 5) is 24.9. The third kappa shape index (κ3) is 4.16. The van der Waals surface area contributed by atoms with E-state index in [1.807, 2.05) is 20.8 Å². The Morgan fingerprint density at radius 3 is 2.48 bits per heavy atom. The molecule has 1 aromatic rings. The minimum Gasteiger partial charge on any atom is -0.465 e. The monoisotopic (exact) mass is 359 g/mol. The maximum absolute atomic E-state index is 12.5. The van der Waals surface area contributed by atoms with Gasteiger partial charge in [0.05, 0.1) is 29.2 Å². The van der Waals surface area contributed by atoms with Gasteiger partial charge in [-0.1, -0.05) is 50.0 Å². The van der Waals surface area contributed by atoms with E-state index in [1.165, 1.54) is 0 Å². The first-order valence-electron chi connectivity index (χ1n) is 7.20. The number of halogens is 2. The zero-order valence-electron chi connectivity index (χ0n) is 13.2. The van der Waals surface area contributed by atoms with E-state index < -0.39 is 18.3 Å². The van der Waals surface area contributed by atoms with Gasteiger partial charge in [0.1, 0.15) is 6.10 Å². The number of ketones is 1. The van der Waals surface area contributed by atoms with Crippen LogP contribution in [0.5, 0.6) is 0 Å². The van der Waals surface area contributed by atoms with Crippen molar-refractivity contribution in [2.24, 2.45) is 5.41 Å². The average Bonchev–Trinajstić information content (AvgIpc) is 2.61. The molecule has 1 amide bonds. The normalized spacial score (nSPS) is 22.8. The van der Waals surface area contributed by atoms with Crippen LogP contribution in [0.15, 0.2) is 18.2 Å². The van der Waals surface area contributed by atoms with Gasteiger partial charge >= 0.3 is 6.09 Å². The standard InChI is InChI=1S/C16H19Cl2NO4/c1-16(2,3)13-8-19(15(21)22)7-12(20)14(23-13)9-4-5-10(17)11(18)6-9/h4-6,13-14H,7-8H2,1-3H3,(H,21,22). The van der Waals surface area contributed by atoms with Crippen LogP contribution < -0.4 is 0 Å². The van der Waals surface area contributed by atoms with Gasteiger partial charge in [-0.2, -0.15) is 0 Å². The molecule has 0 saturated carbocycles. The van der Waals surface area contributed by atoms with Gasteiger partial charge < -0.3 is 9.84 Å². The SMILES string of the molecule is CC(C)(C)C1CN(C(=O)O)CC(=O)C(c2ccc(Cl)c(Cl)c2)O1. The molecule has 1 aromatic carbocycles. The van der Waals surface area contributed by atoms with Gasteiger partial charge in [0, 0.05) is 0 Å². The highest BCUT2D eigenvalue weighted by molar-refractivity contribution is 6.42. The molecule has 1 aliphatic heterocycles. The topological polar surface area (TPSA) is 66.8 Å². The summed E-state index contributed by atoms with van der Waals surface area (Å²) in [6.07, 6.45) is -2.42. The summed E-state index contributed by atoms with van der Waals surface area (Å²) in [7, 11) is 0. The molecule has 1 heterocycles. The van der Waals surface area contributed by atoms with Crippen LogP contribution in [0.1, 0.15) is 32.4 Å². The molecule has 2 unspecified atom stereocenters. The summed E-state index contributed by atoms with van der Waals surface area (Å²) >= 11 is 11.9. The van der Waals surface area contributed by atoms with Gasteiger partial charge in [0.15, 0.2) is 5.78 Å². The number of carboxylic acid groups (broad SMARTS) is 1. The molecule has 1 fully saturated rings. The molecule has 0 aliphatic carbocycles. The molecule has 0 aromatic heterocycles. The summed E-state index contributed by atoms with van der Waals surface area (Å²) in [6.45, 7) is 5.76. The zero-order valence-corrected chi connectivity index (χ0v) is 14.7. The van der Waals surface area contributed by atoms with E-state index in [0.29, 0.717) is 15.6 Å². The quantitative estimate of drug-likeness (QED) is 0.821. The predicted molar refractivity (Wildman–Crippen MR) is 88.1 cm³/mol. The first-order valence-corrected chi connectivity index (χ1v) is 7.96. The van der Waals surface area contributed by atoms with Crippen molar-refractivity contribution in [3.05, 3.63) is 33.8 Å². The van der Waals surface area contributed by atoms with Crippen LogP contribution in [0, 0.1) is 5.41 Å². The Balaban J connectivity index is 2.39. The molecule has 1 saturated heterocycles. The second kappa shape index (κ2) is 6.67. The first-order chi connectivity index (χ1) is 10.6. The van der Waals surface area contributed by atoms with E-state index in [1.54, 1.807) is 18.2 Å². The second-order valence-corrected chi connectivity index (χ2v) is 7.49. The van der Waals surface area contributed by atoms with Crippen molar-refractivity contribution in [1.29, 1.82) is 0 Å². The maximum Gasteiger partial charge on any atom is 0.407 e. The van der Waals surface area contributed by atoms with Crippen LogP contribution in [-0.2, 0) is 9.53 Å². The molecule has 1 N–H and O–H groups in total. The average molecular weight is 360 g/mol. The molecular weight excluding hydrogens is 341 g/mol. The van der Waals surface area contributed by atoms with E-state index >= 15 is 0 Å². The number of carbonyl (C=O) groups is 2. The van der Waals surface area contributed by atoms with Crippen LogP contribution >= 0.6 is 23.2 Å². The van der Waals surface area contributed by atoms with Crippen molar-refractivity contribution in [1.82, 2.24) is 4.90 Å². The van der Waals surface area contributed by atoms with Crippen LogP contribution in [0.25, 0.3) is 0 Å². The highest BCUT2D eigenvalue weighted by Crippen LogP contribution is 2.34. The third-order valence-corrected chi connectivity index (χ3v) is 4.55. The molecular formula is C16H19Cl2NO4. The fourth-order valence-corrected chi connectivity index (χ4v) is 2.69. The number of ether oxygens (including phenoxy) is 1. The molecule has 23 heavy (non-hydrogen) atoms. The Bertz CT molecular complexity index is 627. The van der Waals surface area contributed by atoms with Crippen molar-refractivity contribution in [3.63, 3.8) is 0 Å². The lowest BCUT2D eigenvalue weighted by molar-refractivity contribution is -0.135. The van der Waals surface area contributed by atoms with Crippen LogP contribution in [-0.4, -0.2) is 41.1 Å². The number of hydrogen-bond donors (Lipinski definition) is 1. The van der Waals surface area contributed by atoms with E-state index in [0.717, 1.165) is 4.90 Å². The number of hydrogen-bond acceptors (Lipinski definition) is 3. The van der Waals surface area contributed by atoms with Crippen LogP contribution in [0.4, 0.5) is 4.79 Å². The van der Waals surface area contributed by atoms with E-state index in [4.69, 9.17) is 27.9 Å². The van der Waals surface area contributed by atoms with Crippen molar-refractivity contribution >= 4 is 35.1 Å². The molecule has 126 valence electrons. The van der Waals surface area contributed by atoms with Crippen molar-refractivity contribution in [3.8, 4) is 0 Å². The highest BCUT2D eigenvalue weighted by Gasteiger charge is 2.38. The highest BCUT2D eigenvalue weighted by atomic mass is 35.5. The minimum atomic E-state index is -1.13. The maximum atomic E-state index is 12.5. The van der Waals surface area contributed by atoms with Gasteiger partial charge in [0.2, 0.25) is 0 Å². The molecule has 2 rings (SSSR count). The third-order valence-electron chi connectivity index (χ3n) is 3.81. The zero-order chi connectivity index (χ0) is 17.4. The summed E-state index contributed by atoms with van der Waals surface area (Å²) in [5.41, 5.74) is 0.248. The van der Waals surface area contributed by atoms with Crippen molar-refractivity contribution in [2.75, 3.05) is 13.1 Å². The Morgan fingerprint density at radius 2 is 1.96 bits per heavy atom. The molecule has 0 bridgehead atoms. The fourth-order valence-electron chi connectivity index (χ4n) is 2.38. The Kier molecular flexibility index (Phi) is 5.23. The minimum absolute atomic E-state index is 0.141. The van der Waals surface area contributed by atoms with Gasteiger partial charge in [0.25, 0.3) is 0 Å². The lowest BCUT2D eigenvalue weighted by Gasteiger charge is -2.33. The van der Waals surface area contributed by atoms with Gasteiger partial charge in [-0.15, -0.1) is 0 Å². The molecule has 0 spiro atoms. The van der Waals surface area contributed by atoms with E-state index in [2.05, 4.69) is 0 Å². The molecule has 2 atom stereocenters. The number of nitrogens with zero attached hydrogens (tertiary/aromatic N) is 1. The lowest BCUT2D eigenvalue weighted by atomic mass is 9.88. The number of benzene rings is 1. The Labute approximate surface area is 145 Å². The summed E-state index contributed by atoms with van der Waals surface area (Å²) in [6, 6.07) is 4.86. The molecule has 1 aliphatic rings. The van der Waals surface area contributed by atoms with Crippen LogP contribution in [0.3, 0.4) is 0 Å². The van der Waals surface area contributed by atoms with E-state index in [-0.39, 0.29) is 24.3 Å². The second-order valence-electron chi connectivity index (χ2n) is 6.67. The number of amides is 1. The Hall–Kier alpha value is -1.30. The molecule has 7 heteroatoms. The number of Topliss-reactive ketones (excluding diaryl/α,β-unsaturated/α-hetero) is 1. The van der Waals surface area contributed by atoms with Crippen molar-refractivity contribution in [2.45, 2.75) is 33.0 Å². The summed E-state index contributed by atoms with van der Waals surface area (Å²) < 4.78 is 5.99. The van der Waals surface area contributed by atoms with Gasteiger partial charge in [-0.25, -0.2) is 4.79 Å². The van der Waals surface area contributed by atoms with E-state index in [9.17, 15) is 14.7 Å². The summed E-state index contributed by atoms with van der Waals surface area (Å²) in [5.74, 6) is -0.322. The largest absolute Gasteiger partial charge is 0.465 e. The fraction of sp³-hybridized carbons (Fsp3) is 0.500. The van der Waals surface area contributed by atoms with Gasteiger partial charge in [-0.05, 0) is 23.1 Å². The first kappa shape index (κ1) is 18.0. The smallest absolute Gasteiger partial charge is 0.407 e. The predicted octanol–water partition coefficient (Wildman–Crippen LogP) is 4.03. The Morgan fingerprint density at radius 1 is 1.30 bits per heavy atom. The van der Waals surface area contributed by atoms with Crippen LogP contribution in [0.2, 0.25) is 10.0 Å². The van der Waals surface area contributed by atoms with Gasteiger partial charge in [-0.3, -0.25) is 9.69 Å². The van der Waals surface area contributed by atoms with Crippen molar-refractivity contribution < 1.29 is 19.4 Å². The molecule has 5 nitrogen and oxygen atoms in total. The lowest BCUT2D eigenvalue weighted by Crippen LogP contribution is -2.42. The number of rotatable bonds is 1. The number of carbonyl (C=O) groups excluding carboxylic acids is 1. The molecule has 0 radical (unpaired) electrons. The summed E-state index contributed by atoms with van der Waals surface area (Å²) in [5, 5.41) is 9.99.